The zero-order valence-electron chi connectivity index (χ0n) is 9.02. The summed E-state index contributed by atoms with van der Waals surface area (Å²) in [5.41, 5.74) is 8.45. The fourth-order valence-electron chi connectivity index (χ4n) is 2.36. The summed E-state index contributed by atoms with van der Waals surface area (Å²) in [6.45, 7) is 6.58. The van der Waals surface area contributed by atoms with Gasteiger partial charge < -0.3 is 10.6 Å². The molecule has 1 atom stereocenters. The van der Waals surface area contributed by atoms with Gasteiger partial charge in [0.2, 0.25) is 0 Å². The van der Waals surface area contributed by atoms with E-state index in [1.54, 1.807) is 0 Å². The van der Waals surface area contributed by atoms with Crippen LogP contribution in [0, 0.1) is 0 Å². The fourth-order valence-corrected chi connectivity index (χ4v) is 2.36. The van der Waals surface area contributed by atoms with Crippen molar-refractivity contribution in [3.05, 3.63) is 42.5 Å². The van der Waals surface area contributed by atoms with Gasteiger partial charge in [-0.15, -0.1) is 6.58 Å². The van der Waals surface area contributed by atoms with Crippen LogP contribution in [-0.2, 0) is 0 Å². The van der Waals surface area contributed by atoms with Crippen LogP contribution in [0.4, 0.5) is 5.69 Å². The van der Waals surface area contributed by atoms with Crippen molar-refractivity contribution in [3.63, 3.8) is 0 Å². The Bertz CT molecular complexity index is 346. The molecule has 0 saturated carbocycles. The molecular formula is C13H18N2. The quantitative estimate of drug-likeness (QED) is 0.758. The summed E-state index contributed by atoms with van der Waals surface area (Å²) in [6, 6.07) is 8.62. The predicted molar refractivity (Wildman–Crippen MR) is 65.3 cm³/mol. The van der Waals surface area contributed by atoms with E-state index in [1.807, 2.05) is 6.08 Å². The van der Waals surface area contributed by atoms with Crippen molar-refractivity contribution in [2.75, 3.05) is 24.5 Å². The maximum absolute atomic E-state index is 5.65. The van der Waals surface area contributed by atoms with Gasteiger partial charge in [-0.3, -0.25) is 0 Å². The number of benzene rings is 1. The van der Waals surface area contributed by atoms with E-state index >= 15 is 0 Å². The van der Waals surface area contributed by atoms with Crippen LogP contribution in [0.25, 0.3) is 0 Å². The van der Waals surface area contributed by atoms with Gasteiger partial charge in [-0.1, -0.05) is 24.3 Å². The lowest BCUT2D eigenvalue weighted by atomic mass is 9.98. The molecule has 2 heteroatoms. The molecule has 80 valence electrons. The maximum Gasteiger partial charge on any atom is 0.0405 e. The van der Waals surface area contributed by atoms with Crippen LogP contribution >= 0.6 is 0 Å². The Balaban J connectivity index is 2.26. The lowest BCUT2D eigenvalue weighted by Crippen LogP contribution is -2.22. The maximum atomic E-state index is 5.65. The van der Waals surface area contributed by atoms with Crippen LogP contribution in [0.15, 0.2) is 36.9 Å². The normalized spacial score (nSPS) is 19.0. The summed E-state index contributed by atoms with van der Waals surface area (Å²) in [5.74, 6) is 0.603. The Kier molecular flexibility index (Phi) is 3.07. The molecule has 0 amide bonds. The molecule has 1 heterocycles. The first-order valence-electron chi connectivity index (χ1n) is 5.51. The van der Waals surface area contributed by atoms with Gasteiger partial charge in [0.25, 0.3) is 0 Å². The van der Waals surface area contributed by atoms with Crippen LogP contribution in [0.3, 0.4) is 0 Å². The lowest BCUT2D eigenvalue weighted by molar-refractivity contribution is 0.655. The molecule has 1 unspecified atom stereocenters. The largest absolute Gasteiger partial charge is 0.367 e. The Morgan fingerprint density at radius 3 is 3.00 bits per heavy atom. The number of nitrogens with two attached hydrogens (primary N) is 1. The Morgan fingerprint density at radius 1 is 1.47 bits per heavy atom. The first-order chi connectivity index (χ1) is 7.36. The molecule has 15 heavy (non-hydrogen) atoms. The van der Waals surface area contributed by atoms with Crippen molar-refractivity contribution < 1.29 is 0 Å². The molecule has 0 bridgehead atoms. The second-order valence-electron chi connectivity index (χ2n) is 4.03. The molecule has 1 aromatic rings. The van der Waals surface area contributed by atoms with E-state index in [2.05, 4.69) is 35.7 Å². The van der Waals surface area contributed by atoms with Gasteiger partial charge in [0.05, 0.1) is 0 Å². The second kappa shape index (κ2) is 4.49. The molecular weight excluding hydrogens is 184 g/mol. The van der Waals surface area contributed by atoms with E-state index in [0.29, 0.717) is 5.92 Å². The molecule has 1 aromatic carbocycles. The minimum Gasteiger partial charge on any atom is -0.367 e. The van der Waals surface area contributed by atoms with Gasteiger partial charge in [-0.25, -0.2) is 0 Å². The zero-order valence-corrected chi connectivity index (χ0v) is 9.02. The van der Waals surface area contributed by atoms with Crippen LogP contribution in [0.2, 0.25) is 0 Å². The highest BCUT2D eigenvalue weighted by Gasteiger charge is 2.26. The number of hydrogen-bond donors (Lipinski definition) is 1. The molecule has 0 aliphatic carbocycles. The summed E-state index contributed by atoms with van der Waals surface area (Å²) in [7, 11) is 0. The molecule has 2 nitrogen and oxygen atoms in total. The molecule has 0 saturated heterocycles. The number of para-hydroxylation sites is 1. The molecule has 0 aromatic heterocycles. The summed E-state index contributed by atoms with van der Waals surface area (Å²) >= 11 is 0. The average molecular weight is 202 g/mol. The second-order valence-corrected chi connectivity index (χ2v) is 4.03. The Hall–Kier alpha value is -1.28. The van der Waals surface area contributed by atoms with E-state index in [-0.39, 0.29) is 0 Å². The molecule has 2 N–H and O–H groups in total. The SMILES string of the molecule is C=CCN1CC(CCN)c2ccccc21. The third-order valence-corrected chi connectivity index (χ3v) is 3.02. The summed E-state index contributed by atoms with van der Waals surface area (Å²) in [4.78, 5) is 2.38. The lowest BCUT2D eigenvalue weighted by Gasteiger charge is -2.17. The number of fused-ring (bicyclic) bond motifs is 1. The predicted octanol–water partition coefficient (Wildman–Crippen LogP) is 2.12. The van der Waals surface area contributed by atoms with Gasteiger partial charge >= 0.3 is 0 Å². The van der Waals surface area contributed by atoms with Crippen molar-refractivity contribution >= 4 is 5.69 Å². The highest BCUT2D eigenvalue weighted by atomic mass is 15.1. The van der Waals surface area contributed by atoms with Crippen molar-refractivity contribution in [2.45, 2.75) is 12.3 Å². The summed E-state index contributed by atoms with van der Waals surface area (Å²) in [5, 5.41) is 0. The molecule has 2 rings (SSSR count). The number of hydrogen-bond acceptors (Lipinski definition) is 2. The highest BCUT2D eigenvalue weighted by molar-refractivity contribution is 5.60. The van der Waals surface area contributed by atoms with Gasteiger partial charge in [0.1, 0.15) is 0 Å². The molecule has 0 radical (unpaired) electrons. The van der Waals surface area contributed by atoms with E-state index < -0.39 is 0 Å². The van der Waals surface area contributed by atoms with Crippen molar-refractivity contribution in [1.82, 2.24) is 0 Å². The van der Waals surface area contributed by atoms with Gasteiger partial charge in [0, 0.05) is 24.7 Å². The van der Waals surface area contributed by atoms with Crippen LogP contribution in [0.1, 0.15) is 17.9 Å². The molecule has 1 aliphatic heterocycles. The van der Waals surface area contributed by atoms with Crippen LogP contribution < -0.4 is 10.6 Å². The van der Waals surface area contributed by atoms with Crippen molar-refractivity contribution in [1.29, 1.82) is 0 Å². The molecule has 1 aliphatic rings. The van der Waals surface area contributed by atoms with Crippen molar-refractivity contribution in [3.8, 4) is 0 Å². The monoisotopic (exact) mass is 202 g/mol. The Labute approximate surface area is 91.4 Å². The first kappa shape index (κ1) is 10.2. The van der Waals surface area contributed by atoms with E-state index in [4.69, 9.17) is 5.73 Å². The van der Waals surface area contributed by atoms with Crippen LogP contribution in [0.5, 0.6) is 0 Å². The number of nitrogens with zero attached hydrogens (tertiary/aromatic N) is 1. The smallest absolute Gasteiger partial charge is 0.0405 e. The third-order valence-electron chi connectivity index (χ3n) is 3.02. The van der Waals surface area contributed by atoms with Gasteiger partial charge in [0.15, 0.2) is 0 Å². The first-order valence-corrected chi connectivity index (χ1v) is 5.51. The molecule has 0 spiro atoms. The van der Waals surface area contributed by atoms with Gasteiger partial charge in [-0.2, -0.15) is 0 Å². The zero-order chi connectivity index (χ0) is 10.7. The van der Waals surface area contributed by atoms with Gasteiger partial charge in [-0.05, 0) is 24.6 Å². The topological polar surface area (TPSA) is 29.3 Å². The standard InChI is InChI=1S/C13H18N2/c1-2-9-15-10-11(7-8-14)12-5-3-4-6-13(12)15/h2-6,11H,1,7-10,14H2. The number of rotatable bonds is 4. The molecule has 0 fully saturated rings. The van der Waals surface area contributed by atoms with Crippen LogP contribution in [-0.4, -0.2) is 19.6 Å². The summed E-state index contributed by atoms with van der Waals surface area (Å²) < 4.78 is 0. The van der Waals surface area contributed by atoms with E-state index in [9.17, 15) is 0 Å². The minimum absolute atomic E-state index is 0.603. The van der Waals surface area contributed by atoms with Crippen molar-refractivity contribution in [2.24, 2.45) is 5.73 Å². The summed E-state index contributed by atoms with van der Waals surface area (Å²) in [6.07, 6.45) is 3.03. The van der Waals surface area contributed by atoms with E-state index in [0.717, 1.165) is 26.1 Å². The fraction of sp³-hybridized carbons (Fsp3) is 0.385. The number of anilines is 1. The third kappa shape index (κ3) is 1.90. The highest BCUT2D eigenvalue weighted by Crippen LogP contribution is 2.37. The Morgan fingerprint density at radius 2 is 2.27 bits per heavy atom. The minimum atomic E-state index is 0.603. The average Bonchev–Trinajstić information content (AvgIpc) is 2.59. The van der Waals surface area contributed by atoms with E-state index in [1.165, 1.54) is 11.3 Å².